The number of fused-ring (bicyclic) bond motifs is 1. The zero-order chi connectivity index (χ0) is 16.4. The van der Waals surface area contributed by atoms with Gasteiger partial charge in [0.2, 0.25) is 5.91 Å². The first-order valence-electron chi connectivity index (χ1n) is 7.22. The van der Waals surface area contributed by atoms with Crippen LogP contribution in [0.15, 0.2) is 29.0 Å². The lowest BCUT2D eigenvalue weighted by molar-refractivity contribution is -0.120. The Morgan fingerprint density at radius 2 is 2.09 bits per heavy atom. The molecule has 0 unspecified atom stereocenters. The molecule has 2 N–H and O–H groups in total. The molecule has 1 amide bonds. The van der Waals surface area contributed by atoms with Crippen LogP contribution < -0.4 is 10.6 Å². The Labute approximate surface area is 137 Å². The van der Waals surface area contributed by atoms with E-state index >= 15 is 0 Å². The van der Waals surface area contributed by atoms with Gasteiger partial charge in [-0.15, -0.1) is 15.3 Å². The minimum atomic E-state index is -0.253. The molecule has 0 radical (unpaired) electrons. The van der Waals surface area contributed by atoms with Crippen LogP contribution in [0.2, 0.25) is 0 Å². The van der Waals surface area contributed by atoms with Crippen molar-refractivity contribution >= 4 is 28.7 Å². The highest BCUT2D eigenvalue weighted by molar-refractivity contribution is 7.08. The zero-order valence-corrected chi connectivity index (χ0v) is 14.0. The molecule has 23 heavy (non-hydrogen) atoms. The molecular formula is C15H18N6OS. The first kappa shape index (κ1) is 15.4. The molecule has 0 fully saturated rings. The minimum Gasteiger partial charge on any atom is -0.360 e. The van der Waals surface area contributed by atoms with Crippen molar-refractivity contribution in [1.82, 2.24) is 25.1 Å². The SMILES string of the molecule is CC(C)(C)NC(=O)CNc1ccc2nnc(-c3ccsc3)n2n1. The van der Waals surface area contributed by atoms with Crippen molar-refractivity contribution in [3.05, 3.63) is 29.0 Å². The van der Waals surface area contributed by atoms with Crippen molar-refractivity contribution < 1.29 is 4.79 Å². The summed E-state index contributed by atoms with van der Waals surface area (Å²) in [5, 5.41) is 22.6. The van der Waals surface area contributed by atoms with E-state index in [4.69, 9.17) is 0 Å². The highest BCUT2D eigenvalue weighted by Gasteiger charge is 2.14. The molecule has 3 rings (SSSR count). The highest BCUT2D eigenvalue weighted by Crippen LogP contribution is 2.20. The number of thiophene rings is 1. The number of hydrogen-bond donors (Lipinski definition) is 2. The molecule has 0 aliphatic rings. The van der Waals surface area contributed by atoms with Gasteiger partial charge in [-0.25, -0.2) is 0 Å². The largest absolute Gasteiger partial charge is 0.360 e. The van der Waals surface area contributed by atoms with Crippen molar-refractivity contribution in [2.24, 2.45) is 0 Å². The normalized spacial score (nSPS) is 11.6. The third-order valence-corrected chi connectivity index (χ3v) is 3.67. The summed E-state index contributed by atoms with van der Waals surface area (Å²) in [6.45, 7) is 5.99. The zero-order valence-electron chi connectivity index (χ0n) is 13.2. The van der Waals surface area contributed by atoms with Gasteiger partial charge in [-0.3, -0.25) is 4.79 Å². The number of hydrogen-bond acceptors (Lipinski definition) is 6. The average molecular weight is 330 g/mol. The van der Waals surface area contributed by atoms with Crippen LogP contribution in [0.25, 0.3) is 17.0 Å². The fraction of sp³-hybridized carbons (Fsp3) is 0.333. The van der Waals surface area contributed by atoms with Gasteiger partial charge in [0.05, 0.1) is 6.54 Å². The number of carbonyl (C=O) groups is 1. The molecule has 0 aliphatic carbocycles. The summed E-state index contributed by atoms with van der Waals surface area (Å²) < 4.78 is 1.67. The Morgan fingerprint density at radius 3 is 2.78 bits per heavy atom. The van der Waals surface area contributed by atoms with E-state index in [1.54, 1.807) is 21.9 Å². The van der Waals surface area contributed by atoms with E-state index in [1.807, 2.05) is 43.7 Å². The molecule has 0 spiro atoms. The number of anilines is 1. The molecule has 0 atom stereocenters. The molecular weight excluding hydrogens is 312 g/mol. The summed E-state index contributed by atoms with van der Waals surface area (Å²) in [7, 11) is 0. The third kappa shape index (κ3) is 3.65. The van der Waals surface area contributed by atoms with Gasteiger partial charge in [-0.05, 0) is 44.4 Å². The van der Waals surface area contributed by atoms with Crippen LogP contribution in [-0.4, -0.2) is 37.8 Å². The van der Waals surface area contributed by atoms with Crippen LogP contribution >= 0.6 is 11.3 Å². The Balaban J connectivity index is 1.78. The predicted octanol–water partition coefficient (Wildman–Crippen LogP) is 2.18. The molecule has 7 nitrogen and oxygen atoms in total. The summed E-state index contributed by atoms with van der Waals surface area (Å²) in [5.41, 5.74) is 1.38. The molecule has 0 saturated carbocycles. The molecule has 0 bridgehead atoms. The van der Waals surface area contributed by atoms with Gasteiger partial charge >= 0.3 is 0 Å². The van der Waals surface area contributed by atoms with Gasteiger partial charge in [0.25, 0.3) is 0 Å². The number of aromatic nitrogens is 4. The lowest BCUT2D eigenvalue weighted by Gasteiger charge is -2.20. The van der Waals surface area contributed by atoms with Crippen molar-refractivity contribution in [3.8, 4) is 11.4 Å². The minimum absolute atomic E-state index is 0.0822. The molecule has 0 saturated heterocycles. The monoisotopic (exact) mass is 330 g/mol. The fourth-order valence-corrected chi connectivity index (χ4v) is 2.72. The Kier molecular flexibility index (Phi) is 3.99. The second kappa shape index (κ2) is 5.96. The van der Waals surface area contributed by atoms with E-state index < -0.39 is 0 Å². The van der Waals surface area contributed by atoms with Crippen LogP contribution in [0.4, 0.5) is 5.82 Å². The molecule has 3 aromatic heterocycles. The van der Waals surface area contributed by atoms with Crippen LogP contribution in [-0.2, 0) is 4.79 Å². The van der Waals surface area contributed by atoms with E-state index in [9.17, 15) is 4.79 Å². The van der Waals surface area contributed by atoms with Crippen molar-refractivity contribution in [1.29, 1.82) is 0 Å². The van der Waals surface area contributed by atoms with Gasteiger partial charge in [0, 0.05) is 16.5 Å². The number of amides is 1. The van der Waals surface area contributed by atoms with Crippen LogP contribution in [0.1, 0.15) is 20.8 Å². The van der Waals surface area contributed by atoms with E-state index in [1.165, 1.54) is 0 Å². The van der Waals surface area contributed by atoms with Crippen LogP contribution in [0.5, 0.6) is 0 Å². The number of nitrogens with one attached hydrogen (secondary N) is 2. The van der Waals surface area contributed by atoms with E-state index in [2.05, 4.69) is 25.9 Å². The summed E-state index contributed by atoms with van der Waals surface area (Å²) >= 11 is 1.59. The maximum absolute atomic E-state index is 11.9. The molecule has 0 aromatic carbocycles. The lowest BCUT2D eigenvalue weighted by Crippen LogP contribution is -2.43. The Hall–Kier alpha value is -2.48. The number of carbonyl (C=O) groups excluding carboxylic acids is 1. The standard InChI is InChI=1S/C15H18N6OS/c1-15(2,3)17-13(22)8-16-11-4-5-12-18-19-14(21(12)20-11)10-6-7-23-9-10/h4-7,9H,8H2,1-3H3,(H,16,20)(H,17,22). The fourth-order valence-electron chi connectivity index (χ4n) is 2.09. The average Bonchev–Trinajstić information content (AvgIpc) is 3.11. The second-order valence-corrected chi connectivity index (χ2v) is 6.96. The lowest BCUT2D eigenvalue weighted by atomic mass is 10.1. The van der Waals surface area contributed by atoms with Gasteiger partial charge in [-0.2, -0.15) is 15.9 Å². The molecule has 120 valence electrons. The summed E-state index contributed by atoms with van der Waals surface area (Å²) in [4.78, 5) is 11.9. The Morgan fingerprint density at radius 1 is 1.26 bits per heavy atom. The quantitative estimate of drug-likeness (QED) is 0.766. The highest BCUT2D eigenvalue weighted by atomic mass is 32.1. The summed E-state index contributed by atoms with van der Waals surface area (Å²) in [6.07, 6.45) is 0. The van der Waals surface area contributed by atoms with Crippen molar-refractivity contribution in [2.75, 3.05) is 11.9 Å². The van der Waals surface area contributed by atoms with E-state index in [0.29, 0.717) is 17.3 Å². The molecule has 8 heteroatoms. The number of rotatable bonds is 4. The van der Waals surface area contributed by atoms with Crippen molar-refractivity contribution in [3.63, 3.8) is 0 Å². The maximum Gasteiger partial charge on any atom is 0.239 e. The third-order valence-electron chi connectivity index (χ3n) is 2.99. The summed E-state index contributed by atoms with van der Waals surface area (Å²) in [6, 6.07) is 5.57. The van der Waals surface area contributed by atoms with Gasteiger partial charge < -0.3 is 10.6 Å². The summed E-state index contributed by atoms with van der Waals surface area (Å²) in [5.74, 6) is 1.20. The molecule has 0 aliphatic heterocycles. The van der Waals surface area contributed by atoms with E-state index in [-0.39, 0.29) is 18.0 Å². The van der Waals surface area contributed by atoms with Gasteiger partial charge in [-0.1, -0.05) is 0 Å². The molecule has 3 heterocycles. The molecule has 3 aromatic rings. The van der Waals surface area contributed by atoms with Gasteiger partial charge in [0.1, 0.15) is 5.82 Å². The predicted molar refractivity (Wildman–Crippen MR) is 90.5 cm³/mol. The van der Waals surface area contributed by atoms with Crippen molar-refractivity contribution in [2.45, 2.75) is 26.3 Å². The first-order valence-corrected chi connectivity index (χ1v) is 8.16. The first-order chi connectivity index (χ1) is 10.9. The maximum atomic E-state index is 11.9. The second-order valence-electron chi connectivity index (χ2n) is 6.18. The Bertz CT molecular complexity index is 818. The number of nitrogens with zero attached hydrogens (tertiary/aromatic N) is 4. The smallest absolute Gasteiger partial charge is 0.239 e. The topological polar surface area (TPSA) is 84.2 Å². The van der Waals surface area contributed by atoms with Crippen LogP contribution in [0.3, 0.4) is 0 Å². The van der Waals surface area contributed by atoms with Crippen LogP contribution in [0, 0.1) is 0 Å². The van der Waals surface area contributed by atoms with E-state index in [0.717, 1.165) is 5.56 Å². The van der Waals surface area contributed by atoms with Gasteiger partial charge in [0.15, 0.2) is 11.5 Å².